The molecule has 1 fully saturated rings. The Hall–Kier alpha value is -1.14. The topological polar surface area (TPSA) is 76.3 Å². The fourth-order valence-corrected chi connectivity index (χ4v) is 3.27. The lowest BCUT2D eigenvalue weighted by atomic mass is 10.3. The van der Waals surface area contributed by atoms with Crippen molar-refractivity contribution in [1.29, 1.82) is 0 Å². The molecule has 0 bridgehead atoms. The molecule has 2 N–H and O–H groups in total. The van der Waals surface area contributed by atoms with Crippen molar-refractivity contribution in [2.45, 2.75) is 13.0 Å². The Bertz CT molecular complexity index is 487. The maximum absolute atomic E-state index is 11.5. The second-order valence-corrected chi connectivity index (χ2v) is 6.67. The number of nitrogens with zero attached hydrogens (tertiary/aromatic N) is 2. The first-order chi connectivity index (χ1) is 8.05. The van der Waals surface area contributed by atoms with E-state index in [4.69, 9.17) is 5.73 Å². The molecular formula is C11H17N3O2S. The maximum Gasteiger partial charge on any atom is 0.151 e. The van der Waals surface area contributed by atoms with Crippen LogP contribution in [0.15, 0.2) is 18.3 Å². The Kier molecular flexibility index (Phi) is 3.63. The monoisotopic (exact) mass is 255 g/mol. The van der Waals surface area contributed by atoms with Crippen molar-refractivity contribution in [1.82, 2.24) is 9.88 Å². The van der Waals surface area contributed by atoms with E-state index in [0.29, 0.717) is 31.0 Å². The predicted octanol–water partition coefficient (Wildman–Crippen LogP) is 0.284. The molecule has 17 heavy (non-hydrogen) atoms. The molecule has 1 aliphatic rings. The lowest BCUT2D eigenvalue weighted by Gasteiger charge is -2.18. The molecule has 0 radical (unpaired) electrons. The second kappa shape index (κ2) is 5.01. The summed E-state index contributed by atoms with van der Waals surface area (Å²) in [6.45, 7) is 2.05. The molecule has 0 spiro atoms. The molecule has 1 aliphatic heterocycles. The number of rotatable bonds is 2. The zero-order chi connectivity index (χ0) is 12.3. The van der Waals surface area contributed by atoms with Crippen LogP contribution in [0.5, 0.6) is 0 Å². The highest BCUT2D eigenvalue weighted by atomic mass is 32.2. The lowest BCUT2D eigenvalue weighted by Crippen LogP contribution is -2.27. The highest BCUT2D eigenvalue weighted by Crippen LogP contribution is 2.10. The van der Waals surface area contributed by atoms with Crippen LogP contribution in [0.3, 0.4) is 0 Å². The van der Waals surface area contributed by atoms with Crippen LogP contribution in [0, 0.1) is 0 Å². The van der Waals surface area contributed by atoms with Gasteiger partial charge in [0.25, 0.3) is 0 Å². The first kappa shape index (κ1) is 12.3. The number of anilines is 1. The van der Waals surface area contributed by atoms with Crippen molar-refractivity contribution in [3.8, 4) is 0 Å². The van der Waals surface area contributed by atoms with Crippen LogP contribution in [0.1, 0.15) is 12.1 Å². The van der Waals surface area contributed by atoms with E-state index in [1.807, 2.05) is 6.07 Å². The normalized spacial score (nSPS) is 20.9. The fraction of sp³-hybridized carbons (Fsp3) is 0.545. The van der Waals surface area contributed by atoms with Crippen LogP contribution in [-0.2, 0) is 16.4 Å². The SMILES string of the molecule is Nc1ccnc(CN2CCCS(=O)(=O)CC2)c1. The van der Waals surface area contributed by atoms with Crippen LogP contribution in [0.25, 0.3) is 0 Å². The summed E-state index contributed by atoms with van der Waals surface area (Å²) >= 11 is 0. The van der Waals surface area contributed by atoms with E-state index >= 15 is 0 Å². The molecule has 0 saturated carbocycles. The van der Waals surface area contributed by atoms with Gasteiger partial charge in [0.05, 0.1) is 17.2 Å². The van der Waals surface area contributed by atoms with Gasteiger partial charge in [-0.15, -0.1) is 0 Å². The smallest absolute Gasteiger partial charge is 0.151 e. The third-order valence-electron chi connectivity index (χ3n) is 2.87. The van der Waals surface area contributed by atoms with Gasteiger partial charge in [0.1, 0.15) is 0 Å². The molecule has 0 aromatic carbocycles. The molecule has 0 amide bonds. The summed E-state index contributed by atoms with van der Waals surface area (Å²) in [7, 11) is -2.84. The van der Waals surface area contributed by atoms with E-state index in [2.05, 4.69) is 9.88 Å². The van der Waals surface area contributed by atoms with Crippen LogP contribution in [-0.4, -0.2) is 42.9 Å². The summed E-state index contributed by atoms with van der Waals surface area (Å²) in [5, 5.41) is 0. The summed E-state index contributed by atoms with van der Waals surface area (Å²) < 4.78 is 22.9. The minimum Gasteiger partial charge on any atom is -0.399 e. The van der Waals surface area contributed by atoms with Crippen molar-refractivity contribution in [2.75, 3.05) is 30.3 Å². The van der Waals surface area contributed by atoms with E-state index in [0.717, 1.165) is 12.2 Å². The molecule has 0 unspecified atom stereocenters. The quantitative estimate of drug-likeness (QED) is 0.821. The summed E-state index contributed by atoms with van der Waals surface area (Å²) in [6, 6.07) is 3.58. The van der Waals surface area contributed by atoms with Crippen molar-refractivity contribution >= 4 is 15.5 Å². The lowest BCUT2D eigenvalue weighted by molar-refractivity contribution is 0.284. The molecule has 0 aliphatic carbocycles. The number of hydrogen-bond donors (Lipinski definition) is 1. The predicted molar refractivity (Wildman–Crippen MR) is 67.2 cm³/mol. The van der Waals surface area contributed by atoms with E-state index in [9.17, 15) is 8.42 Å². The van der Waals surface area contributed by atoms with Gasteiger partial charge >= 0.3 is 0 Å². The highest BCUT2D eigenvalue weighted by molar-refractivity contribution is 7.91. The molecule has 1 aromatic rings. The number of sulfone groups is 1. The molecule has 6 heteroatoms. The van der Waals surface area contributed by atoms with E-state index < -0.39 is 9.84 Å². The molecule has 2 heterocycles. The Labute approximate surface area is 102 Å². The van der Waals surface area contributed by atoms with Gasteiger partial charge in [0.2, 0.25) is 0 Å². The van der Waals surface area contributed by atoms with Crippen molar-refractivity contribution < 1.29 is 8.42 Å². The molecule has 5 nitrogen and oxygen atoms in total. The molecule has 1 saturated heterocycles. The average molecular weight is 255 g/mol. The van der Waals surface area contributed by atoms with Crippen LogP contribution < -0.4 is 5.73 Å². The van der Waals surface area contributed by atoms with Gasteiger partial charge in [-0.05, 0) is 25.1 Å². The molecular weight excluding hydrogens is 238 g/mol. The van der Waals surface area contributed by atoms with Gasteiger partial charge in [-0.25, -0.2) is 8.42 Å². The molecule has 2 rings (SSSR count). The summed E-state index contributed by atoms with van der Waals surface area (Å²) in [5.74, 6) is 0.545. The summed E-state index contributed by atoms with van der Waals surface area (Å²) in [5.41, 5.74) is 7.27. The van der Waals surface area contributed by atoms with Gasteiger partial charge < -0.3 is 5.73 Å². The summed E-state index contributed by atoms with van der Waals surface area (Å²) in [6.07, 6.45) is 2.38. The Balaban J connectivity index is 2.00. The molecule has 94 valence electrons. The number of nitrogens with two attached hydrogens (primary N) is 1. The van der Waals surface area contributed by atoms with Crippen molar-refractivity contribution in [2.24, 2.45) is 0 Å². The Morgan fingerprint density at radius 2 is 2.18 bits per heavy atom. The number of nitrogen functional groups attached to an aromatic ring is 1. The van der Waals surface area contributed by atoms with Gasteiger partial charge in [-0.3, -0.25) is 9.88 Å². The van der Waals surface area contributed by atoms with Crippen molar-refractivity contribution in [3.05, 3.63) is 24.0 Å². The zero-order valence-corrected chi connectivity index (χ0v) is 10.5. The first-order valence-corrected chi connectivity index (χ1v) is 7.50. The van der Waals surface area contributed by atoms with Gasteiger partial charge in [-0.1, -0.05) is 0 Å². The first-order valence-electron chi connectivity index (χ1n) is 5.68. The largest absolute Gasteiger partial charge is 0.399 e. The second-order valence-electron chi connectivity index (χ2n) is 4.36. The summed E-state index contributed by atoms with van der Waals surface area (Å²) in [4.78, 5) is 6.35. The molecule has 0 atom stereocenters. The molecule has 1 aromatic heterocycles. The van der Waals surface area contributed by atoms with Gasteiger partial charge in [0.15, 0.2) is 9.84 Å². The van der Waals surface area contributed by atoms with E-state index in [-0.39, 0.29) is 5.75 Å². The minimum atomic E-state index is -2.84. The standard InChI is InChI=1S/C11H17N3O2S/c12-10-2-3-13-11(8-10)9-14-4-1-6-17(15,16)7-5-14/h2-3,8H,1,4-7,9H2,(H2,12,13). The van der Waals surface area contributed by atoms with Crippen LogP contribution in [0.4, 0.5) is 5.69 Å². The zero-order valence-electron chi connectivity index (χ0n) is 9.67. The highest BCUT2D eigenvalue weighted by Gasteiger charge is 2.19. The van der Waals surface area contributed by atoms with Gasteiger partial charge in [0, 0.05) is 25.0 Å². The van der Waals surface area contributed by atoms with Crippen molar-refractivity contribution in [3.63, 3.8) is 0 Å². The minimum absolute atomic E-state index is 0.245. The van der Waals surface area contributed by atoms with Crippen LogP contribution >= 0.6 is 0 Å². The number of hydrogen-bond acceptors (Lipinski definition) is 5. The van der Waals surface area contributed by atoms with Crippen LogP contribution in [0.2, 0.25) is 0 Å². The third-order valence-corrected chi connectivity index (χ3v) is 4.59. The maximum atomic E-state index is 11.5. The number of pyridine rings is 1. The Morgan fingerprint density at radius 3 is 2.94 bits per heavy atom. The Morgan fingerprint density at radius 1 is 1.35 bits per heavy atom. The van der Waals surface area contributed by atoms with E-state index in [1.165, 1.54) is 0 Å². The fourth-order valence-electron chi connectivity index (χ4n) is 1.96. The number of aromatic nitrogens is 1. The third kappa shape index (κ3) is 3.67. The average Bonchev–Trinajstić information content (AvgIpc) is 2.41. The van der Waals surface area contributed by atoms with E-state index in [1.54, 1.807) is 12.3 Å². The van der Waals surface area contributed by atoms with Gasteiger partial charge in [-0.2, -0.15) is 0 Å².